The molecule has 0 aliphatic carbocycles. The summed E-state index contributed by atoms with van der Waals surface area (Å²) in [4.78, 5) is 11.7. The number of alkyl halides is 3. The molecule has 26 heavy (non-hydrogen) atoms. The molecule has 0 amide bonds. The summed E-state index contributed by atoms with van der Waals surface area (Å²) in [6.07, 6.45) is -4.52. The van der Waals surface area contributed by atoms with Crippen LogP contribution in [-0.4, -0.2) is 18.0 Å². The van der Waals surface area contributed by atoms with Gasteiger partial charge in [-0.15, -0.1) is 0 Å². The van der Waals surface area contributed by atoms with E-state index in [1.54, 1.807) is 18.7 Å². The summed E-state index contributed by atoms with van der Waals surface area (Å²) in [5.41, 5.74) is -0.436. The first-order chi connectivity index (χ1) is 12.3. The summed E-state index contributed by atoms with van der Waals surface area (Å²) < 4.78 is 40.1. The fourth-order valence-corrected chi connectivity index (χ4v) is 2.41. The third-order valence-corrected chi connectivity index (χ3v) is 3.73. The summed E-state index contributed by atoms with van der Waals surface area (Å²) >= 11 is 0. The highest BCUT2D eigenvalue weighted by Crippen LogP contribution is 2.39. The Kier molecular flexibility index (Phi) is 5.91. The first-order valence-corrected chi connectivity index (χ1v) is 7.88. The number of rotatable bonds is 6. The van der Waals surface area contributed by atoms with Crippen molar-refractivity contribution in [2.75, 3.05) is 18.0 Å². The van der Waals surface area contributed by atoms with Crippen molar-refractivity contribution >= 4 is 22.7 Å². The van der Waals surface area contributed by atoms with E-state index >= 15 is 0 Å². The number of benzene rings is 2. The molecule has 2 rings (SSSR count). The summed E-state index contributed by atoms with van der Waals surface area (Å²) in [5, 5.41) is 18.3. The van der Waals surface area contributed by atoms with Crippen LogP contribution >= 0.6 is 0 Å². The van der Waals surface area contributed by atoms with E-state index in [9.17, 15) is 23.3 Å². The van der Waals surface area contributed by atoms with Crippen LogP contribution in [-0.2, 0) is 6.18 Å². The first kappa shape index (κ1) is 19.4. The van der Waals surface area contributed by atoms with Gasteiger partial charge in [-0.25, -0.2) is 0 Å². The monoisotopic (exact) mass is 366 g/mol. The molecular weight excluding hydrogens is 349 g/mol. The van der Waals surface area contributed by atoms with Gasteiger partial charge in [-0.3, -0.25) is 10.1 Å². The molecule has 138 valence electrons. The summed E-state index contributed by atoms with van der Waals surface area (Å²) in [6.45, 7) is 4.46. The van der Waals surface area contributed by atoms with Crippen LogP contribution in [0.25, 0.3) is 0 Å². The molecule has 0 saturated heterocycles. The largest absolute Gasteiger partial charge is 0.418 e. The first-order valence-electron chi connectivity index (χ1n) is 7.88. The number of azo groups is 1. The molecule has 0 aromatic heterocycles. The number of hydrogen-bond acceptors (Lipinski definition) is 5. The Morgan fingerprint density at radius 2 is 1.54 bits per heavy atom. The summed E-state index contributed by atoms with van der Waals surface area (Å²) in [5.74, 6) is 0. The molecule has 6 nitrogen and oxygen atoms in total. The molecular formula is C17H17F3N4O2. The fourth-order valence-electron chi connectivity index (χ4n) is 2.41. The highest BCUT2D eigenvalue weighted by molar-refractivity contribution is 5.60. The van der Waals surface area contributed by atoms with Gasteiger partial charge >= 0.3 is 6.18 Å². The molecule has 0 aliphatic heterocycles. The van der Waals surface area contributed by atoms with Gasteiger partial charge < -0.3 is 4.90 Å². The van der Waals surface area contributed by atoms with Crippen molar-refractivity contribution in [3.63, 3.8) is 0 Å². The lowest BCUT2D eigenvalue weighted by atomic mass is 10.1. The van der Waals surface area contributed by atoms with Crippen LogP contribution in [0.2, 0.25) is 0 Å². The van der Waals surface area contributed by atoms with E-state index in [0.29, 0.717) is 18.8 Å². The van der Waals surface area contributed by atoms with Crippen molar-refractivity contribution in [1.29, 1.82) is 0 Å². The lowest BCUT2D eigenvalue weighted by molar-refractivity contribution is -0.384. The molecule has 0 heterocycles. The van der Waals surface area contributed by atoms with Crippen LogP contribution in [0.3, 0.4) is 0 Å². The highest BCUT2D eigenvalue weighted by atomic mass is 19.4. The Balaban J connectivity index is 2.34. The molecule has 0 radical (unpaired) electrons. The van der Waals surface area contributed by atoms with E-state index in [-0.39, 0.29) is 17.1 Å². The van der Waals surface area contributed by atoms with E-state index in [2.05, 4.69) is 10.2 Å². The van der Waals surface area contributed by atoms with Crippen LogP contribution in [0, 0.1) is 10.1 Å². The average molecular weight is 366 g/mol. The summed E-state index contributed by atoms with van der Waals surface area (Å²) in [6, 6.07) is 9.02. The second kappa shape index (κ2) is 7.94. The number of non-ortho nitro benzene ring substituents is 1. The number of nitro groups is 1. The van der Waals surface area contributed by atoms with Gasteiger partial charge in [0.2, 0.25) is 0 Å². The van der Waals surface area contributed by atoms with Crippen LogP contribution < -0.4 is 4.90 Å². The number of hydrogen-bond donors (Lipinski definition) is 0. The Morgan fingerprint density at radius 1 is 1.00 bits per heavy atom. The Hall–Kier alpha value is -2.97. The van der Waals surface area contributed by atoms with Gasteiger partial charge in [0, 0.05) is 30.9 Å². The maximum atomic E-state index is 13.4. The second-order valence-corrected chi connectivity index (χ2v) is 5.35. The number of nitrogens with zero attached hydrogens (tertiary/aromatic N) is 4. The van der Waals surface area contributed by atoms with Gasteiger partial charge in [-0.05, 0) is 44.2 Å². The maximum Gasteiger partial charge on any atom is 0.418 e. The number of halogens is 3. The zero-order valence-corrected chi connectivity index (χ0v) is 14.2. The molecule has 2 aromatic carbocycles. The van der Waals surface area contributed by atoms with Crippen molar-refractivity contribution in [3.05, 3.63) is 58.1 Å². The SMILES string of the molecule is CCN(CC)c1ccc(N=Nc2ccc([N+](=O)[O-])cc2)cc1C(F)(F)F. The van der Waals surface area contributed by atoms with E-state index in [4.69, 9.17) is 0 Å². The van der Waals surface area contributed by atoms with Crippen LogP contribution in [0.1, 0.15) is 19.4 Å². The van der Waals surface area contributed by atoms with Crippen LogP contribution in [0.4, 0.5) is 35.9 Å². The Morgan fingerprint density at radius 3 is 2.04 bits per heavy atom. The Bertz CT molecular complexity index is 801. The molecule has 0 aliphatic rings. The minimum atomic E-state index is -4.52. The molecule has 2 aromatic rings. The zero-order valence-electron chi connectivity index (χ0n) is 14.2. The van der Waals surface area contributed by atoms with Crippen molar-refractivity contribution in [3.8, 4) is 0 Å². The van der Waals surface area contributed by atoms with Gasteiger partial charge in [0.1, 0.15) is 0 Å². The topological polar surface area (TPSA) is 71.1 Å². The molecule has 0 fully saturated rings. The smallest absolute Gasteiger partial charge is 0.372 e. The predicted molar refractivity (Wildman–Crippen MR) is 92.3 cm³/mol. The number of nitro benzene ring substituents is 1. The zero-order chi connectivity index (χ0) is 19.3. The molecule has 0 atom stereocenters. The molecule has 0 bridgehead atoms. The lowest BCUT2D eigenvalue weighted by Gasteiger charge is -2.25. The normalized spacial score (nSPS) is 11.7. The minimum Gasteiger partial charge on any atom is -0.372 e. The van der Waals surface area contributed by atoms with Crippen LogP contribution in [0.15, 0.2) is 52.7 Å². The third kappa shape index (κ3) is 4.56. The standard InChI is InChI=1S/C17H17F3N4O2/c1-3-23(4-2)16-10-7-13(11-15(16)17(18,19)20)22-21-12-5-8-14(9-6-12)24(25)26/h5-11H,3-4H2,1-2H3. The van der Waals surface area contributed by atoms with Crippen molar-refractivity contribution in [2.45, 2.75) is 20.0 Å². The van der Waals surface area contributed by atoms with Gasteiger partial charge in [-0.1, -0.05) is 0 Å². The van der Waals surface area contributed by atoms with E-state index in [1.165, 1.54) is 36.4 Å². The molecule has 0 N–H and O–H groups in total. The molecule has 0 spiro atoms. The maximum absolute atomic E-state index is 13.4. The quantitative estimate of drug-likeness (QED) is 0.364. The average Bonchev–Trinajstić information content (AvgIpc) is 2.61. The van der Waals surface area contributed by atoms with Crippen LogP contribution in [0.5, 0.6) is 0 Å². The van der Waals surface area contributed by atoms with Gasteiger partial charge in [0.25, 0.3) is 5.69 Å². The van der Waals surface area contributed by atoms with E-state index in [1.807, 2.05) is 0 Å². The minimum absolute atomic E-state index is 0.0478. The molecule has 0 unspecified atom stereocenters. The van der Waals surface area contributed by atoms with Crippen molar-refractivity contribution < 1.29 is 18.1 Å². The second-order valence-electron chi connectivity index (χ2n) is 5.35. The molecule has 9 heteroatoms. The Labute approximate surface area is 148 Å². The van der Waals surface area contributed by atoms with Gasteiger partial charge in [0.05, 0.1) is 21.9 Å². The van der Waals surface area contributed by atoms with E-state index < -0.39 is 16.7 Å². The van der Waals surface area contributed by atoms with Crippen molar-refractivity contribution in [1.82, 2.24) is 0 Å². The third-order valence-electron chi connectivity index (χ3n) is 3.73. The molecule has 0 saturated carbocycles. The van der Waals surface area contributed by atoms with E-state index in [0.717, 1.165) is 6.07 Å². The van der Waals surface area contributed by atoms with Crippen molar-refractivity contribution in [2.24, 2.45) is 10.2 Å². The number of anilines is 1. The fraction of sp³-hybridized carbons (Fsp3) is 0.294. The summed E-state index contributed by atoms with van der Waals surface area (Å²) in [7, 11) is 0. The predicted octanol–water partition coefficient (Wildman–Crippen LogP) is 5.88. The lowest BCUT2D eigenvalue weighted by Crippen LogP contribution is -2.25. The van der Waals surface area contributed by atoms with Gasteiger partial charge in [0.15, 0.2) is 0 Å². The van der Waals surface area contributed by atoms with Gasteiger partial charge in [-0.2, -0.15) is 23.4 Å². The highest BCUT2D eigenvalue weighted by Gasteiger charge is 2.35.